The number of sulfone groups is 1. The van der Waals surface area contributed by atoms with Crippen molar-refractivity contribution in [2.75, 3.05) is 11.9 Å². The smallest absolute Gasteiger partial charge is 0.225 e. The van der Waals surface area contributed by atoms with Gasteiger partial charge in [-0.2, -0.15) is 0 Å². The molecule has 0 saturated heterocycles. The van der Waals surface area contributed by atoms with Crippen LogP contribution in [0.25, 0.3) is 0 Å². The average molecular weight is 460 g/mol. The Hall–Kier alpha value is -2.61. The van der Waals surface area contributed by atoms with Gasteiger partial charge in [0.1, 0.15) is 17.3 Å². The number of carbonyl (C=O) groups is 1. The van der Waals surface area contributed by atoms with Gasteiger partial charge in [-0.25, -0.2) is 8.42 Å². The predicted molar refractivity (Wildman–Crippen MR) is 118 cm³/mol. The maximum absolute atomic E-state index is 13.2. The van der Waals surface area contributed by atoms with Crippen LogP contribution in [0.5, 0.6) is 5.75 Å². The minimum atomic E-state index is -3.81. The Bertz CT molecular complexity index is 1220. The first kappa shape index (κ1) is 20.7. The highest BCUT2D eigenvalue weighted by Crippen LogP contribution is 2.47. The fourth-order valence-electron chi connectivity index (χ4n) is 3.44. The summed E-state index contributed by atoms with van der Waals surface area (Å²) in [6.07, 6.45) is 1.86. The van der Waals surface area contributed by atoms with Gasteiger partial charge in [-0.3, -0.25) is 4.79 Å². The van der Waals surface area contributed by atoms with Gasteiger partial charge in [-0.15, -0.1) is 11.3 Å². The Morgan fingerprint density at radius 3 is 2.67 bits per heavy atom. The standard InChI is InChI=1S/C22H18ClNO4S2/c1-2-11-28-18-6-4-3-5-16(18)17-12-20(25)24-21-19(13-29-22(17)21)30(26,27)15-9-7-14(23)8-10-15/h2-10,13,17H,1,11-12H2,(H,24,25)/t17-/m0/s1. The van der Waals surface area contributed by atoms with Gasteiger partial charge >= 0.3 is 0 Å². The van der Waals surface area contributed by atoms with Gasteiger partial charge in [-0.05, 0) is 30.3 Å². The Labute approximate surface area is 183 Å². The largest absolute Gasteiger partial charge is 0.489 e. The van der Waals surface area contributed by atoms with Crippen LogP contribution in [0.1, 0.15) is 22.8 Å². The number of para-hydroxylation sites is 1. The molecule has 3 aromatic rings. The highest BCUT2D eigenvalue weighted by molar-refractivity contribution is 7.91. The van der Waals surface area contributed by atoms with Crippen LogP contribution in [0.15, 0.2) is 76.4 Å². The van der Waals surface area contributed by atoms with Crippen molar-refractivity contribution in [3.8, 4) is 5.75 Å². The van der Waals surface area contributed by atoms with Crippen molar-refractivity contribution >= 4 is 44.4 Å². The maximum atomic E-state index is 13.2. The number of ether oxygens (including phenoxy) is 1. The zero-order valence-corrected chi connectivity index (χ0v) is 18.2. The predicted octanol–water partition coefficient (Wildman–Crippen LogP) is 5.27. The molecule has 1 aliphatic rings. The number of amides is 1. The minimum absolute atomic E-state index is 0.0902. The van der Waals surface area contributed by atoms with Crippen molar-refractivity contribution in [1.82, 2.24) is 0 Å². The van der Waals surface area contributed by atoms with Crippen molar-refractivity contribution in [1.29, 1.82) is 0 Å². The molecule has 0 bridgehead atoms. The van der Waals surface area contributed by atoms with E-state index in [1.165, 1.54) is 35.6 Å². The molecule has 0 spiro atoms. The normalized spacial score (nSPS) is 15.9. The highest BCUT2D eigenvalue weighted by Gasteiger charge is 2.35. The van der Waals surface area contributed by atoms with E-state index in [1.54, 1.807) is 11.5 Å². The molecular formula is C22H18ClNO4S2. The monoisotopic (exact) mass is 459 g/mol. The van der Waals surface area contributed by atoms with Crippen molar-refractivity contribution in [3.63, 3.8) is 0 Å². The molecule has 1 aliphatic heterocycles. The molecule has 4 rings (SSSR count). The van der Waals surface area contributed by atoms with Crippen LogP contribution >= 0.6 is 22.9 Å². The van der Waals surface area contributed by atoms with Gasteiger partial charge in [0.25, 0.3) is 0 Å². The first-order valence-corrected chi connectivity index (χ1v) is 11.9. The van der Waals surface area contributed by atoms with Crippen LogP contribution in [0, 0.1) is 0 Å². The first-order chi connectivity index (χ1) is 14.4. The lowest BCUT2D eigenvalue weighted by molar-refractivity contribution is -0.116. The lowest BCUT2D eigenvalue weighted by atomic mass is 9.90. The van der Waals surface area contributed by atoms with Crippen LogP contribution in [-0.4, -0.2) is 20.9 Å². The van der Waals surface area contributed by atoms with Gasteiger partial charge in [0.2, 0.25) is 15.7 Å². The topological polar surface area (TPSA) is 72.5 Å². The summed E-state index contributed by atoms with van der Waals surface area (Å²) < 4.78 is 32.2. The Morgan fingerprint density at radius 2 is 1.93 bits per heavy atom. The van der Waals surface area contributed by atoms with E-state index in [0.717, 1.165) is 10.4 Å². The van der Waals surface area contributed by atoms with Crippen molar-refractivity contribution in [2.45, 2.75) is 22.1 Å². The SMILES string of the molecule is C=CCOc1ccccc1[C@@H]1CC(=O)Nc2c(S(=O)(=O)c3ccc(Cl)cc3)csc21. The Balaban J connectivity index is 1.80. The molecule has 0 unspecified atom stereocenters. The summed E-state index contributed by atoms with van der Waals surface area (Å²) in [5.41, 5.74) is 1.18. The van der Waals surface area contributed by atoms with Gasteiger partial charge in [-0.1, -0.05) is 42.5 Å². The van der Waals surface area contributed by atoms with E-state index < -0.39 is 9.84 Å². The molecule has 30 heavy (non-hydrogen) atoms. The van der Waals surface area contributed by atoms with Crippen molar-refractivity contribution < 1.29 is 17.9 Å². The van der Waals surface area contributed by atoms with E-state index >= 15 is 0 Å². The summed E-state index contributed by atoms with van der Waals surface area (Å²) in [5, 5.41) is 4.80. The number of carbonyl (C=O) groups excluding carboxylic acids is 1. The van der Waals surface area contributed by atoms with E-state index in [4.69, 9.17) is 16.3 Å². The molecule has 0 aliphatic carbocycles. The summed E-state index contributed by atoms with van der Waals surface area (Å²) in [6, 6.07) is 13.5. The number of anilines is 1. The number of hydrogen-bond acceptors (Lipinski definition) is 5. The van der Waals surface area contributed by atoms with Crippen LogP contribution in [0.2, 0.25) is 5.02 Å². The van der Waals surface area contributed by atoms with Gasteiger partial charge in [0, 0.05) is 33.2 Å². The number of benzene rings is 2. The van der Waals surface area contributed by atoms with E-state index in [9.17, 15) is 13.2 Å². The van der Waals surface area contributed by atoms with Crippen LogP contribution in [0.3, 0.4) is 0 Å². The molecule has 2 heterocycles. The van der Waals surface area contributed by atoms with Crippen molar-refractivity contribution in [2.24, 2.45) is 0 Å². The second kappa shape index (κ2) is 8.26. The molecule has 5 nitrogen and oxygen atoms in total. The highest BCUT2D eigenvalue weighted by atomic mass is 35.5. The van der Waals surface area contributed by atoms with E-state index in [-0.39, 0.29) is 28.0 Å². The molecule has 1 N–H and O–H groups in total. The number of fused-ring (bicyclic) bond motifs is 1. The zero-order valence-electron chi connectivity index (χ0n) is 15.8. The lowest BCUT2D eigenvalue weighted by Crippen LogP contribution is -2.23. The molecule has 154 valence electrons. The summed E-state index contributed by atoms with van der Waals surface area (Å²) in [5.74, 6) is 0.115. The number of hydrogen-bond donors (Lipinski definition) is 1. The fraction of sp³-hybridized carbons (Fsp3) is 0.136. The minimum Gasteiger partial charge on any atom is -0.489 e. The summed E-state index contributed by atoms with van der Waals surface area (Å²) in [7, 11) is -3.81. The van der Waals surface area contributed by atoms with Gasteiger partial charge in [0.15, 0.2) is 0 Å². The fourth-order valence-corrected chi connectivity index (χ4v) is 6.47. The second-order valence-corrected chi connectivity index (χ2v) is 10.0. The number of nitrogens with one attached hydrogen (secondary N) is 1. The third-order valence-electron chi connectivity index (χ3n) is 4.82. The molecule has 0 radical (unpaired) electrons. The molecule has 8 heteroatoms. The summed E-state index contributed by atoms with van der Waals surface area (Å²) in [4.78, 5) is 13.5. The second-order valence-electron chi connectivity index (χ2n) is 6.74. The quantitative estimate of drug-likeness (QED) is 0.509. The van der Waals surface area contributed by atoms with Gasteiger partial charge in [0.05, 0.1) is 10.6 Å². The Morgan fingerprint density at radius 1 is 1.20 bits per heavy atom. The number of halogens is 1. The molecule has 1 aromatic heterocycles. The average Bonchev–Trinajstić information content (AvgIpc) is 3.17. The van der Waals surface area contributed by atoms with Crippen molar-refractivity contribution in [3.05, 3.63) is 82.0 Å². The van der Waals surface area contributed by atoms with Crippen LogP contribution in [0.4, 0.5) is 5.69 Å². The van der Waals surface area contributed by atoms with Crippen LogP contribution < -0.4 is 10.1 Å². The molecule has 1 atom stereocenters. The molecule has 0 fully saturated rings. The van der Waals surface area contributed by atoms with E-state index in [2.05, 4.69) is 11.9 Å². The molecule has 2 aromatic carbocycles. The maximum Gasteiger partial charge on any atom is 0.225 e. The zero-order chi connectivity index (χ0) is 21.3. The lowest BCUT2D eigenvalue weighted by Gasteiger charge is -2.25. The first-order valence-electron chi connectivity index (χ1n) is 9.16. The number of rotatable bonds is 6. The van der Waals surface area contributed by atoms with Gasteiger partial charge < -0.3 is 10.1 Å². The summed E-state index contributed by atoms with van der Waals surface area (Å²) >= 11 is 7.21. The summed E-state index contributed by atoms with van der Waals surface area (Å²) in [6.45, 7) is 4.01. The Kier molecular flexibility index (Phi) is 5.69. The molecule has 0 saturated carbocycles. The van der Waals surface area contributed by atoms with E-state index in [0.29, 0.717) is 23.1 Å². The van der Waals surface area contributed by atoms with Crippen LogP contribution in [-0.2, 0) is 14.6 Å². The number of thiophene rings is 1. The van der Waals surface area contributed by atoms with E-state index in [1.807, 2.05) is 24.3 Å². The third kappa shape index (κ3) is 3.76. The molecular weight excluding hydrogens is 442 g/mol. The molecule has 1 amide bonds. The third-order valence-corrected chi connectivity index (χ3v) is 8.11.